The first kappa shape index (κ1) is 16.5. The minimum absolute atomic E-state index is 0.279. The van der Waals surface area contributed by atoms with E-state index in [9.17, 15) is 9.59 Å². The monoisotopic (exact) mass is 456 g/mol. The maximum atomic E-state index is 13.1. The Morgan fingerprint density at radius 3 is 1.33 bits per heavy atom. The quantitative estimate of drug-likeness (QED) is 0.491. The highest BCUT2D eigenvalue weighted by Gasteiger charge is 2.60. The number of hydrogen-bond donors (Lipinski definition) is 0. The molecule has 0 radical (unpaired) electrons. The normalized spacial score (nSPS) is 56.4. The molecule has 0 aliphatic heterocycles. The molecule has 0 N–H and O–H groups in total. The highest BCUT2D eigenvalue weighted by Crippen LogP contribution is 2.61. The lowest BCUT2D eigenvalue weighted by molar-refractivity contribution is -0.129. The Labute approximate surface area is 161 Å². The molecule has 2 nitrogen and oxygen atoms in total. The number of hydrogen-bond acceptors (Lipinski definition) is 2. The molecule has 0 bridgehead atoms. The van der Waals surface area contributed by atoms with Gasteiger partial charge in [-0.1, -0.05) is 31.9 Å². The SMILES string of the molecule is O=C1C2CCC(Br)CC2C2CC3C(=O)C4CCC(Br)CC4C3CC12. The Balaban J connectivity index is 1.43. The Morgan fingerprint density at radius 1 is 0.542 bits per heavy atom. The molecule has 0 heterocycles. The predicted octanol–water partition coefficient (Wildman–Crippen LogP) is 4.77. The Morgan fingerprint density at radius 2 is 0.917 bits per heavy atom. The summed E-state index contributed by atoms with van der Waals surface area (Å²) in [6.45, 7) is 0. The number of fused-ring (bicyclic) bond motifs is 6. The minimum atomic E-state index is 0.279. The van der Waals surface area contributed by atoms with Crippen LogP contribution in [-0.2, 0) is 9.59 Å². The summed E-state index contributed by atoms with van der Waals surface area (Å²) in [5.74, 6) is 4.46. The van der Waals surface area contributed by atoms with Crippen LogP contribution in [-0.4, -0.2) is 21.2 Å². The number of ketones is 2. The van der Waals surface area contributed by atoms with Gasteiger partial charge in [0.2, 0.25) is 0 Å². The second-order valence-corrected chi connectivity index (χ2v) is 11.8. The maximum Gasteiger partial charge on any atom is 0.139 e. The molecular formula is C20H26Br2O2. The number of Topliss-reactive ketones (excluding diaryl/α,β-unsaturated/α-hetero) is 2. The fourth-order valence-electron chi connectivity index (χ4n) is 7.37. The summed E-state index contributed by atoms with van der Waals surface area (Å²) in [6, 6.07) is 0. The van der Waals surface area contributed by atoms with Gasteiger partial charge in [0.15, 0.2) is 0 Å². The summed E-state index contributed by atoms with van der Waals surface area (Å²) >= 11 is 7.60. The van der Waals surface area contributed by atoms with Gasteiger partial charge in [-0.05, 0) is 75.0 Å². The molecule has 5 saturated carbocycles. The van der Waals surface area contributed by atoms with Crippen LogP contribution >= 0.6 is 31.9 Å². The molecule has 5 aliphatic rings. The van der Waals surface area contributed by atoms with Crippen LogP contribution in [0, 0.1) is 47.3 Å². The number of halogens is 2. The van der Waals surface area contributed by atoms with Gasteiger partial charge >= 0.3 is 0 Å². The number of carbonyl (C=O) groups is 2. The van der Waals surface area contributed by atoms with Crippen molar-refractivity contribution < 1.29 is 9.59 Å². The average Bonchev–Trinajstić information content (AvgIpc) is 2.99. The van der Waals surface area contributed by atoms with Gasteiger partial charge in [0, 0.05) is 33.3 Å². The van der Waals surface area contributed by atoms with E-state index in [1.807, 2.05) is 0 Å². The highest BCUT2D eigenvalue weighted by molar-refractivity contribution is 9.09. The third-order valence-corrected chi connectivity index (χ3v) is 9.98. The van der Waals surface area contributed by atoms with E-state index >= 15 is 0 Å². The van der Waals surface area contributed by atoms with Crippen LogP contribution in [0.25, 0.3) is 0 Å². The van der Waals surface area contributed by atoms with Gasteiger partial charge in [0.25, 0.3) is 0 Å². The zero-order valence-corrected chi connectivity index (χ0v) is 17.2. The number of rotatable bonds is 0. The lowest BCUT2D eigenvalue weighted by Crippen LogP contribution is -2.35. The molecular weight excluding hydrogens is 432 g/mol. The van der Waals surface area contributed by atoms with Crippen molar-refractivity contribution in [2.75, 3.05) is 0 Å². The summed E-state index contributed by atoms with van der Waals surface area (Å²) in [6.07, 6.45) is 8.80. The summed E-state index contributed by atoms with van der Waals surface area (Å²) < 4.78 is 0. The molecule has 5 rings (SSSR count). The molecule has 0 aromatic heterocycles. The van der Waals surface area contributed by atoms with Crippen molar-refractivity contribution in [2.45, 2.75) is 61.0 Å². The van der Waals surface area contributed by atoms with E-state index in [0.29, 0.717) is 56.7 Å². The zero-order valence-electron chi connectivity index (χ0n) is 14.0. The molecule has 5 fully saturated rings. The standard InChI is InChI=1S/C20H26Br2O2/c21-9-1-3-11-13(5-9)15-7-18-16(8-17(15)19(11)23)14-6-10(22)2-4-12(14)20(18)24/h9-18H,1-8H2. The second-order valence-electron chi connectivity index (χ2n) is 9.18. The first-order chi connectivity index (χ1) is 11.5. The van der Waals surface area contributed by atoms with Crippen LogP contribution in [0.4, 0.5) is 0 Å². The van der Waals surface area contributed by atoms with E-state index in [0.717, 1.165) is 51.4 Å². The van der Waals surface area contributed by atoms with Crippen LogP contribution < -0.4 is 0 Å². The van der Waals surface area contributed by atoms with Gasteiger partial charge in [0.1, 0.15) is 11.6 Å². The van der Waals surface area contributed by atoms with E-state index in [4.69, 9.17) is 0 Å². The molecule has 0 saturated heterocycles. The molecule has 0 aromatic carbocycles. The summed E-state index contributed by atoms with van der Waals surface area (Å²) in [4.78, 5) is 27.3. The fraction of sp³-hybridized carbons (Fsp3) is 0.900. The van der Waals surface area contributed by atoms with Gasteiger partial charge in [-0.2, -0.15) is 0 Å². The molecule has 10 atom stereocenters. The van der Waals surface area contributed by atoms with Gasteiger partial charge in [-0.25, -0.2) is 0 Å². The van der Waals surface area contributed by atoms with Crippen molar-refractivity contribution in [1.29, 1.82) is 0 Å². The lowest BCUT2D eigenvalue weighted by Gasteiger charge is -2.39. The molecule has 0 amide bonds. The molecule has 5 aliphatic carbocycles. The van der Waals surface area contributed by atoms with Crippen LogP contribution in [0.2, 0.25) is 0 Å². The van der Waals surface area contributed by atoms with E-state index in [1.165, 1.54) is 0 Å². The van der Waals surface area contributed by atoms with Crippen LogP contribution in [0.15, 0.2) is 0 Å². The van der Waals surface area contributed by atoms with E-state index in [1.54, 1.807) is 0 Å². The number of alkyl halides is 2. The summed E-state index contributed by atoms with van der Waals surface area (Å²) in [5, 5.41) is 0. The van der Waals surface area contributed by atoms with Crippen LogP contribution in [0.5, 0.6) is 0 Å². The van der Waals surface area contributed by atoms with Crippen molar-refractivity contribution in [2.24, 2.45) is 47.3 Å². The van der Waals surface area contributed by atoms with Crippen LogP contribution in [0.3, 0.4) is 0 Å². The van der Waals surface area contributed by atoms with Crippen molar-refractivity contribution in [3.63, 3.8) is 0 Å². The first-order valence-electron chi connectivity index (χ1n) is 9.90. The summed E-state index contributed by atoms with van der Waals surface area (Å²) in [7, 11) is 0. The van der Waals surface area contributed by atoms with E-state index in [-0.39, 0.29) is 11.8 Å². The third-order valence-electron chi connectivity index (χ3n) is 8.32. The van der Waals surface area contributed by atoms with Gasteiger partial charge in [-0.15, -0.1) is 0 Å². The van der Waals surface area contributed by atoms with E-state index < -0.39 is 0 Å². The van der Waals surface area contributed by atoms with Gasteiger partial charge in [-0.3, -0.25) is 9.59 Å². The fourth-order valence-corrected chi connectivity index (χ4v) is 8.76. The minimum Gasteiger partial charge on any atom is -0.299 e. The molecule has 132 valence electrons. The van der Waals surface area contributed by atoms with Crippen molar-refractivity contribution >= 4 is 43.4 Å². The summed E-state index contributed by atoms with van der Waals surface area (Å²) in [5.41, 5.74) is 0. The topological polar surface area (TPSA) is 34.1 Å². The maximum absolute atomic E-state index is 13.1. The first-order valence-corrected chi connectivity index (χ1v) is 11.7. The largest absolute Gasteiger partial charge is 0.299 e. The van der Waals surface area contributed by atoms with Crippen molar-refractivity contribution in [3.05, 3.63) is 0 Å². The van der Waals surface area contributed by atoms with Gasteiger partial charge in [0.05, 0.1) is 0 Å². The molecule has 10 unspecified atom stereocenters. The second kappa shape index (κ2) is 5.90. The van der Waals surface area contributed by atoms with Crippen molar-refractivity contribution in [3.8, 4) is 0 Å². The Hall–Kier alpha value is 0.300. The van der Waals surface area contributed by atoms with Gasteiger partial charge < -0.3 is 0 Å². The molecule has 0 aromatic rings. The Kier molecular flexibility index (Phi) is 4.05. The lowest BCUT2D eigenvalue weighted by atomic mass is 9.65. The third kappa shape index (κ3) is 2.30. The average molecular weight is 458 g/mol. The number of carbonyl (C=O) groups excluding carboxylic acids is 2. The smallest absolute Gasteiger partial charge is 0.139 e. The molecule has 4 heteroatoms. The Bertz CT molecular complexity index is 526. The molecule has 0 spiro atoms. The zero-order chi connectivity index (χ0) is 16.6. The van der Waals surface area contributed by atoms with Crippen molar-refractivity contribution in [1.82, 2.24) is 0 Å². The predicted molar refractivity (Wildman–Crippen MR) is 100 cm³/mol. The molecule has 24 heavy (non-hydrogen) atoms. The highest BCUT2D eigenvalue weighted by atomic mass is 79.9. The van der Waals surface area contributed by atoms with Crippen LogP contribution in [0.1, 0.15) is 51.4 Å². The van der Waals surface area contributed by atoms with E-state index in [2.05, 4.69) is 31.9 Å².